The molecule has 0 aliphatic heterocycles. The Morgan fingerprint density at radius 1 is 1.47 bits per heavy atom. The molecular formula is C11H13ClN4S. The van der Waals surface area contributed by atoms with E-state index in [-0.39, 0.29) is 0 Å². The van der Waals surface area contributed by atoms with E-state index in [4.69, 9.17) is 17.3 Å². The van der Waals surface area contributed by atoms with Crippen LogP contribution in [-0.4, -0.2) is 16.4 Å². The predicted octanol–water partition coefficient (Wildman–Crippen LogP) is 2.72. The smallest absolute Gasteiger partial charge is 0.205 e. The third kappa shape index (κ3) is 2.87. The van der Waals surface area contributed by atoms with Gasteiger partial charge in [0.05, 0.1) is 0 Å². The van der Waals surface area contributed by atoms with Gasteiger partial charge in [0.1, 0.15) is 5.82 Å². The van der Waals surface area contributed by atoms with Gasteiger partial charge in [0, 0.05) is 35.8 Å². The van der Waals surface area contributed by atoms with Crippen LogP contribution in [0.25, 0.3) is 0 Å². The molecule has 6 heteroatoms. The predicted molar refractivity (Wildman–Crippen MR) is 72.6 cm³/mol. The number of hydrogen-bond donors (Lipinski definition) is 1. The number of aromatic nitrogens is 2. The van der Waals surface area contributed by atoms with Gasteiger partial charge in [-0.2, -0.15) is 4.37 Å². The molecule has 2 rings (SSSR count). The Labute approximate surface area is 109 Å². The van der Waals surface area contributed by atoms with Gasteiger partial charge in [-0.05, 0) is 30.7 Å². The quantitative estimate of drug-likeness (QED) is 0.870. The lowest BCUT2D eigenvalue weighted by atomic mass is 10.2. The minimum atomic E-state index is 0.665. The molecular weight excluding hydrogens is 256 g/mol. The fraction of sp³-hybridized carbons (Fsp3) is 0.273. The third-order valence-electron chi connectivity index (χ3n) is 2.32. The summed E-state index contributed by atoms with van der Waals surface area (Å²) < 4.78 is 4.15. The Balaban J connectivity index is 2.18. The van der Waals surface area contributed by atoms with E-state index < -0.39 is 0 Å². The molecule has 1 aromatic carbocycles. The highest BCUT2D eigenvalue weighted by Gasteiger charge is 2.09. The lowest BCUT2D eigenvalue weighted by molar-refractivity contribution is 0.910. The second-order valence-electron chi connectivity index (χ2n) is 3.83. The van der Waals surface area contributed by atoms with Gasteiger partial charge in [0.2, 0.25) is 5.13 Å². The highest BCUT2D eigenvalue weighted by molar-refractivity contribution is 7.09. The number of halogens is 1. The SMILES string of the molecule is Cc1nsc(N(C)Cc2cc(N)ccc2Cl)n1. The fourth-order valence-corrected chi connectivity index (χ4v) is 2.29. The maximum absolute atomic E-state index is 6.12. The van der Waals surface area contributed by atoms with Crippen molar-refractivity contribution in [2.45, 2.75) is 13.5 Å². The van der Waals surface area contributed by atoms with Crippen molar-refractivity contribution in [1.82, 2.24) is 9.36 Å². The van der Waals surface area contributed by atoms with Gasteiger partial charge in [0.15, 0.2) is 0 Å². The van der Waals surface area contributed by atoms with E-state index >= 15 is 0 Å². The molecule has 4 nitrogen and oxygen atoms in total. The molecule has 0 saturated heterocycles. The molecule has 2 N–H and O–H groups in total. The molecule has 1 heterocycles. The first kappa shape index (κ1) is 12.1. The first-order valence-electron chi connectivity index (χ1n) is 5.11. The molecule has 0 atom stereocenters. The van der Waals surface area contributed by atoms with E-state index in [2.05, 4.69) is 9.36 Å². The van der Waals surface area contributed by atoms with Crippen molar-refractivity contribution in [2.75, 3.05) is 17.7 Å². The molecule has 90 valence electrons. The highest BCUT2D eigenvalue weighted by Crippen LogP contribution is 2.23. The first-order valence-corrected chi connectivity index (χ1v) is 6.27. The zero-order valence-corrected chi connectivity index (χ0v) is 11.2. The Morgan fingerprint density at radius 3 is 2.88 bits per heavy atom. The van der Waals surface area contributed by atoms with Crippen molar-refractivity contribution < 1.29 is 0 Å². The third-order valence-corrected chi connectivity index (χ3v) is 3.61. The van der Waals surface area contributed by atoms with Crippen LogP contribution in [0.2, 0.25) is 5.02 Å². The second kappa shape index (κ2) is 4.89. The van der Waals surface area contributed by atoms with Crippen LogP contribution < -0.4 is 10.6 Å². The van der Waals surface area contributed by atoms with Crippen LogP contribution in [0.4, 0.5) is 10.8 Å². The van der Waals surface area contributed by atoms with Gasteiger partial charge in [-0.25, -0.2) is 4.98 Å². The van der Waals surface area contributed by atoms with Gasteiger partial charge in [0.25, 0.3) is 0 Å². The van der Waals surface area contributed by atoms with E-state index in [1.807, 2.05) is 31.0 Å². The van der Waals surface area contributed by atoms with E-state index in [0.29, 0.717) is 17.3 Å². The number of hydrogen-bond acceptors (Lipinski definition) is 5. The Kier molecular flexibility index (Phi) is 3.49. The minimum Gasteiger partial charge on any atom is -0.399 e. The minimum absolute atomic E-state index is 0.665. The lowest BCUT2D eigenvalue weighted by Crippen LogP contribution is -2.16. The summed E-state index contributed by atoms with van der Waals surface area (Å²) in [6.07, 6.45) is 0. The summed E-state index contributed by atoms with van der Waals surface area (Å²) in [4.78, 5) is 6.32. The molecule has 0 fully saturated rings. The van der Waals surface area contributed by atoms with Crippen LogP contribution in [0.15, 0.2) is 18.2 Å². The highest BCUT2D eigenvalue weighted by atomic mass is 35.5. The van der Waals surface area contributed by atoms with E-state index in [1.165, 1.54) is 11.5 Å². The summed E-state index contributed by atoms with van der Waals surface area (Å²) in [7, 11) is 1.96. The summed E-state index contributed by atoms with van der Waals surface area (Å²) in [6, 6.07) is 5.49. The van der Waals surface area contributed by atoms with Gasteiger partial charge in [-0.15, -0.1) is 0 Å². The summed E-state index contributed by atoms with van der Waals surface area (Å²) in [5, 5.41) is 1.59. The monoisotopic (exact) mass is 268 g/mol. The average Bonchev–Trinajstić information content (AvgIpc) is 2.70. The van der Waals surface area contributed by atoms with Crippen molar-refractivity contribution >= 4 is 34.0 Å². The summed E-state index contributed by atoms with van der Waals surface area (Å²) in [5.74, 6) is 0.788. The topological polar surface area (TPSA) is 55.0 Å². The fourth-order valence-electron chi connectivity index (χ4n) is 1.48. The average molecular weight is 269 g/mol. The number of anilines is 2. The molecule has 0 spiro atoms. The number of nitrogen functional groups attached to an aromatic ring is 1. The largest absolute Gasteiger partial charge is 0.399 e. The van der Waals surface area contributed by atoms with Gasteiger partial charge in [-0.3, -0.25) is 0 Å². The molecule has 0 aliphatic rings. The Morgan fingerprint density at radius 2 is 2.24 bits per heavy atom. The second-order valence-corrected chi connectivity index (χ2v) is 4.97. The molecule has 0 amide bonds. The number of aryl methyl sites for hydroxylation is 1. The molecule has 17 heavy (non-hydrogen) atoms. The molecule has 0 aliphatic carbocycles. The van der Waals surface area contributed by atoms with Gasteiger partial charge < -0.3 is 10.6 Å². The summed E-state index contributed by atoms with van der Waals surface area (Å²) in [5.41, 5.74) is 7.45. The zero-order valence-electron chi connectivity index (χ0n) is 9.64. The van der Waals surface area contributed by atoms with Gasteiger partial charge in [-0.1, -0.05) is 11.6 Å². The van der Waals surface area contributed by atoms with Crippen molar-refractivity contribution in [3.63, 3.8) is 0 Å². The van der Waals surface area contributed by atoms with Crippen LogP contribution in [0.5, 0.6) is 0 Å². The Bertz CT molecular complexity index is 526. The molecule has 0 radical (unpaired) electrons. The van der Waals surface area contributed by atoms with Gasteiger partial charge >= 0.3 is 0 Å². The van der Waals surface area contributed by atoms with Crippen LogP contribution >= 0.6 is 23.1 Å². The summed E-state index contributed by atoms with van der Waals surface area (Å²) in [6.45, 7) is 2.54. The number of nitrogens with two attached hydrogens (primary N) is 1. The number of benzene rings is 1. The van der Waals surface area contributed by atoms with E-state index in [0.717, 1.165) is 16.5 Å². The van der Waals surface area contributed by atoms with Crippen LogP contribution in [0.3, 0.4) is 0 Å². The first-order chi connectivity index (χ1) is 8.06. The maximum atomic E-state index is 6.12. The maximum Gasteiger partial charge on any atom is 0.205 e. The number of rotatable bonds is 3. The van der Waals surface area contributed by atoms with Crippen molar-refractivity contribution in [2.24, 2.45) is 0 Å². The van der Waals surface area contributed by atoms with E-state index in [1.54, 1.807) is 6.07 Å². The lowest BCUT2D eigenvalue weighted by Gasteiger charge is -2.16. The van der Waals surface area contributed by atoms with Crippen LogP contribution in [-0.2, 0) is 6.54 Å². The molecule has 1 aromatic heterocycles. The van der Waals surface area contributed by atoms with E-state index in [9.17, 15) is 0 Å². The van der Waals surface area contributed by atoms with Crippen molar-refractivity contribution in [1.29, 1.82) is 0 Å². The molecule has 2 aromatic rings. The standard InChI is InChI=1S/C11H13ClN4S/c1-7-14-11(17-15-7)16(2)6-8-5-9(13)3-4-10(8)12/h3-5H,6,13H2,1-2H3. The molecule has 0 saturated carbocycles. The zero-order chi connectivity index (χ0) is 12.4. The Hall–Kier alpha value is -1.33. The molecule has 0 bridgehead atoms. The van der Waals surface area contributed by atoms with Crippen LogP contribution in [0.1, 0.15) is 11.4 Å². The number of nitrogens with zero attached hydrogens (tertiary/aromatic N) is 3. The van der Waals surface area contributed by atoms with Crippen LogP contribution in [0, 0.1) is 6.92 Å². The van der Waals surface area contributed by atoms with Crippen molar-refractivity contribution in [3.8, 4) is 0 Å². The molecule has 0 unspecified atom stereocenters. The summed E-state index contributed by atoms with van der Waals surface area (Å²) >= 11 is 7.50. The van der Waals surface area contributed by atoms with Crippen molar-refractivity contribution in [3.05, 3.63) is 34.6 Å². The normalized spacial score (nSPS) is 10.5.